The predicted octanol–water partition coefficient (Wildman–Crippen LogP) is 2.39. The van der Waals surface area contributed by atoms with E-state index in [1.54, 1.807) is 7.11 Å². The van der Waals surface area contributed by atoms with E-state index in [-0.39, 0.29) is 12.5 Å². The highest BCUT2D eigenvalue weighted by atomic mass is 16.5. The highest BCUT2D eigenvalue weighted by Crippen LogP contribution is 2.22. The van der Waals surface area contributed by atoms with Gasteiger partial charge in [-0.05, 0) is 49.8 Å². The Morgan fingerprint density at radius 3 is 2.81 bits per heavy atom. The van der Waals surface area contributed by atoms with Gasteiger partial charge >= 0.3 is 0 Å². The molecule has 2 rings (SSSR count). The van der Waals surface area contributed by atoms with Crippen LogP contribution >= 0.6 is 0 Å². The number of likely N-dealkylation sites (tertiary alicyclic amines) is 1. The molecule has 1 N–H and O–H groups in total. The SMILES string of the molecule is COc1ccc(CCC(=O)N2CCCC2CCCO)cc1. The van der Waals surface area contributed by atoms with E-state index >= 15 is 0 Å². The van der Waals surface area contributed by atoms with Crippen LogP contribution in [-0.2, 0) is 11.2 Å². The average Bonchev–Trinajstić information content (AvgIpc) is 2.99. The molecule has 1 aromatic carbocycles. The van der Waals surface area contributed by atoms with E-state index in [1.807, 2.05) is 29.2 Å². The molecule has 1 aromatic rings. The van der Waals surface area contributed by atoms with Gasteiger partial charge in [0.15, 0.2) is 0 Å². The first-order valence-corrected chi connectivity index (χ1v) is 7.78. The van der Waals surface area contributed by atoms with Gasteiger partial charge in [0.05, 0.1) is 7.11 Å². The quantitative estimate of drug-likeness (QED) is 0.839. The van der Waals surface area contributed by atoms with Gasteiger partial charge in [0.1, 0.15) is 5.75 Å². The number of ether oxygens (including phenoxy) is 1. The van der Waals surface area contributed by atoms with Crippen LogP contribution < -0.4 is 4.74 Å². The molecular formula is C17H25NO3. The summed E-state index contributed by atoms with van der Waals surface area (Å²) in [7, 11) is 1.65. The molecule has 0 radical (unpaired) electrons. The maximum atomic E-state index is 12.4. The Balaban J connectivity index is 1.82. The lowest BCUT2D eigenvalue weighted by Gasteiger charge is -2.24. The molecule has 1 aliphatic heterocycles. The Bertz CT molecular complexity index is 444. The summed E-state index contributed by atoms with van der Waals surface area (Å²) in [4.78, 5) is 14.4. The number of rotatable bonds is 7. The van der Waals surface area contributed by atoms with Crippen LogP contribution in [0.3, 0.4) is 0 Å². The molecule has 1 aliphatic rings. The Morgan fingerprint density at radius 2 is 2.14 bits per heavy atom. The first kappa shape index (κ1) is 15.8. The molecule has 1 amide bonds. The minimum absolute atomic E-state index is 0.213. The van der Waals surface area contributed by atoms with Crippen LogP contribution in [0.15, 0.2) is 24.3 Å². The van der Waals surface area contributed by atoms with E-state index in [4.69, 9.17) is 9.84 Å². The Hall–Kier alpha value is -1.55. The third-order valence-electron chi connectivity index (χ3n) is 4.18. The zero-order valence-electron chi connectivity index (χ0n) is 12.8. The maximum Gasteiger partial charge on any atom is 0.223 e. The summed E-state index contributed by atoms with van der Waals surface area (Å²) >= 11 is 0. The molecule has 4 heteroatoms. The number of carbonyl (C=O) groups excluding carboxylic acids is 1. The first-order valence-electron chi connectivity index (χ1n) is 7.78. The molecule has 0 saturated carbocycles. The Kier molecular flexibility index (Phi) is 6.05. The fourth-order valence-electron chi connectivity index (χ4n) is 2.98. The molecule has 21 heavy (non-hydrogen) atoms. The van der Waals surface area contributed by atoms with Gasteiger partial charge in [0.25, 0.3) is 0 Å². The van der Waals surface area contributed by atoms with Gasteiger partial charge in [0, 0.05) is 25.6 Å². The van der Waals surface area contributed by atoms with Gasteiger partial charge in [-0.3, -0.25) is 4.79 Å². The smallest absolute Gasteiger partial charge is 0.223 e. The third kappa shape index (κ3) is 4.46. The number of hydrogen-bond donors (Lipinski definition) is 1. The van der Waals surface area contributed by atoms with Crippen molar-refractivity contribution in [2.24, 2.45) is 0 Å². The number of methoxy groups -OCH3 is 1. The van der Waals surface area contributed by atoms with Crippen molar-refractivity contribution < 1.29 is 14.6 Å². The van der Waals surface area contributed by atoms with Crippen LogP contribution in [0.2, 0.25) is 0 Å². The molecule has 1 unspecified atom stereocenters. The summed E-state index contributed by atoms with van der Waals surface area (Å²) in [5, 5.41) is 8.93. The molecule has 1 heterocycles. The number of aryl methyl sites for hydroxylation is 1. The van der Waals surface area contributed by atoms with Crippen molar-refractivity contribution in [3.63, 3.8) is 0 Å². The van der Waals surface area contributed by atoms with Gasteiger partial charge in [-0.15, -0.1) is 0 Å². The van der Waals surface area contributed by atoms with E-state index in [9.17, 15) is 4.79 Å². The van der Waals surface area contributed by atoms with Gasteiger partial charge in [-0.1, -0.05) is 12.1 Å². The molecule has 0 aromatic heterocycles. The zero-order valence-corrected chi connectivity index (χ0v) is 12.8. The van der Waals surface area contributed by atoms with Crippen molar-refractivity contribution in [2.45, 2.75) is 44.6 Å². The van der Waals surface area contributed by atoms with Gasteiger partial charge in [0.2, 0.25) is 5.91 Å². The molecule has 4 nitrogen and oxygen atoms in total. The highest BCUT2D eigenvalue weighted by molar-refractivity contribution is 5.77. The number of aliphatic hydroxyl groups excluding tert-OH is 1. The highest BCUT2D eigenvalue weighted by Gasteiger charge is 2.27. The van der Waals surface area contributed by atoms with E-state index in [0.29, 0.717) is 12.5 Å². The zero-order chi connectivity index (χ0) is 15.1. The number of benzene rings is 1. The minimum atomic E-state index is 0.213. The van der Waals surface area contributed by atoms with Crippen molar-refractivity contribution in [2.75, 3.05) is 20.3 Å². The van der Waals surface area contributed by atoms with E-state index in [2.05, 4.69) is 0 Å². The largest absolute Gasteiger partial charge is 0.497 e. The molecular weight excluding hydrogens is 266 g/mol. The van der Waals surface area contributed by atoms with Crippen molar-refractivity contribution in [3.8, 4) is 5.75 Å². The lowest BCUT2D eigenvalue weighted by atomic mass is 10.1. The van der Waals surface area contributed by atoms with Crippen LogP contribution in [-0.4, -0.2) is 42.2 Å². The second-order valence-corrected chi connectivity index (χ2v) is 5.60. The van der Waals surface area contributed by atoms with Crippen LogP contribution in [0.5, 0.6) is 5.75 Å². The Labute approximate surface area is 126 Å². The number of aliphatic hydroxyl groups is 1. The lowest BCUT2D eigenvalue weighted by Crippen LogP contribution is -2.35. The Morgan fingerprint density at radius 1 is 1.38 bits per heavy atom. The molecule has 1 fully saturated rings. The molecule has 1 saturated heterocycles. The monoisotopic (exact) mass is 291 g/mol. The van der Waals surface area contributed by atoms with E-state index in [0.717, 1.165) is 50.0 Å². The molecule has 116 valence electrons. The van der Waals surface area contributed by atoms with Gasteiger partial charge in [-0.2, -0.15) is 0 Å². The molecule has 1 atom stereocenters. The normalized spacial score (nSPS) is 18.0. The summed E-state index contributed by atoms with van der Waals surface area (Å²) in [6.07, 6.45) is 5.20. The number of nitrogens with zero attached hydrogens (tertiary/aromatic N) is 1. The summed E-state index contributed by atoms with van der Waals surface area (Å²) in [6, 6.07) is 8.22. The maximum absolute atomic E-state index is 12.4. The third-order valence-corrected chi connectivity index (χ3v) is 4.18. The molecule has 0 bridgehead atoms. The van der Waals surface area contributed by atoms with Crippen molar-refractivity contribution in [3.05, 3.63) is 29.8 Å². The average molecular weight is 291 g/mol. The van der Waals surface area contributed by atoms with Gasteiger partial charge < -0.3 is 14.7 Å². The molecule has 0 spiro atoms. The van der Waals surface area contributed by atoms with Crippen LogP contribution in [0.4, 0.5) is 0 Å². The minimum Gasteiger partial charge on any atom is -0.497 e. The second-order valence-electron chi connectivity index (χ2n) is 5.60. The number of carbonyl (C=O) groups is 1. The van der Waals surface area contributed by atoms with Gasteiger partial charge in [-0.25, -0.2) is 0 Å². The second kappa shape index (κ2) is 8.03. The first-order chi connectivity index (χ1) is 10.2. The summed E-state index contributed by atoms with van der Waals surface area (Å²) in [6.45, 7) is 1.09. The summed E-state index contributed by atoms with van der Waals surface area (Å²) in [5.74, 6) is 1.08. The van der Waals surface area contributed by atoms with Crippen LogP contribution in [0, 0.1) is 0 Å². The fraction of sp³-hybridized carbons (Fsp3) is 0.588. The van der Waals surface area contributed by atoms with Crippen LogP contribution in [0.1, 0.15) is 37.7 Å². The lowest BCUT2D eigenvalue weighted by molar-refractivity contribution is -0.132. The van der Waals surface area contributed by atoms with E-state index in [1.165, 1.54) is 0 Å². The predicted molar refractivity (Wildman–Crippen MR) is 82.4 cm³/mol. The fourth-order valence-corrected chi connectivity index (χ4v) is 2.98. The van der Waals surface area contributed by atoms with Crippen molar-refractivity contribution in [1.82, 2.24) is 4.90 Å². The number of hydrogen-bond acceptors (Lipinski definition) is 3. The van der Waals surface area contributed by atoms with Crippen LogP contribution in [0.25, 0.3) is 0 Å². The van der Waals surface area contributed by atoms with E-state index < -0.39 is 0 Å². The summed E-state index contributed by atoms with van der Waals surface area (Å²) < 4.78 is 5.13. The molecule has 0 aliphatic carbocycles. The van der Waals surface area contributed by atoms with Crippen molar-refractivity contribution >= 4 is 5.91 Å². The van der Waals surface area contributed by atoms with Crippen molar-refractivity contribution in [1.29, 1.82) is 0 Å². The number of amides is 1. The topological polar surface area (TPSA) is 49.8 Å². The standard InChI is InChI=1S/C17H25NO3/c1-21-16-9-6-14(7-10-16)8-11-17(20)18-12-2-4-15(18)5-3-13-19/h6-7,9-10,15,19H,2-5,8,11-13H2,1H3. The summed E-state index contributed by atoms with van der Waals surface area (Å²) in [5.41, 5.74) is 1.16.